The van der Waals surface area contributed by atoms with Crippen molar-refractivity contribution in [2.75, 3.05) is 7.11 Å². The van der Waals surface area contributed by atoms with Crippen LogP contribution in [0.1, 0.15) is 11.1 Å². The van der Waals surface area contributed by atoms with E-state index in [0.717, 1.165) is 21.3 Å². The van der Waals surface area contributed by atoms with Gasteiger partial charge in [0, 0.05) is 10.0 Å². The van der Waals surface area contributed by atoms with E-state index in [1.807, 2.05) is 54.6 Å². The van der Waals surface area contributed by atoms with Gasteiger partial charge in [-0.3, -0.25) is 0 Å². The molecular formula is C18H13BrO3. The molecule has 0 saturated heterocycles. The molecule has 3 nitrogen and oxygen atoms in total. The molecule has 0 amide bonds. The number of ether oxygens (including phenoxy) is 2. The highest BCUT2D eigenvalue weighted by molar-refractivity contribution is 9.10. The number of hydrogen-bond acceptors (Lipinski definition) is 3. The molecule has 0 unspecified atom stereocenters. The fourth-order valence-electron chi connectivity index (χ4n) is 2.13. The molecule has 2 aromatic rings. The van der Waals surface area contributed by atoms with Crippen LogP contribution in [0.3, 0.4) is 0 Å². The lowest BCUT2D eigenvalue weighted by Crippen LogP contribution is -1.97. The van der Waals surface area contributed by atoms with E-state index in [9.17, 15) is 4.79 Å². The van der Waals surface area contributed by atoms with Crippen LogP contribution in [0, 0.1) is 0 Å². The second-order valence-corrected chi connectivity index (χ2v) is 5.69. The van der Waals surface area contributed by atoms with Crippen LogP contribution in [0.2, 0.25) is 0 Å². The molecule has 0 saturated carbocycles. The molecule has 0 aromatic heterocycles. The second kappa shape index (κ2) is 6.20. The van der Waals surface area contributed by atoms with Crippen LogP contribution in [0.15, 0.2) is 64.7 Å². The minimum Gasteiger partial charge on any atom is -0.497 e. The van der Waals surface area contributed by atoms with Crippen molar-refractivity contribution < 1.29 is 14.3 Å². The van der Waals surface area contributed by atoms with E-state index >= 15 is 0 Å². The maximum Gasteiger partial charge on any atom is 0.343 e. The Balaban J connectivity index is 1.88. The van der Waals surface area contributed by atoms with Crippen molar-refractivity contribution in [2.24, 2.45) is 0 Å². The zero-order chi connectivity index (χ0) is 15.5. The van der Waals surface area contributed by atoms with Gasteiger partial charge in [0.1, 0.15) is 11.5 Å². The summed E-state index contributed by atoms with van der Waals surface area (Å²) in [5.74, 6) is 0.976. The molecule has 110 valence electrons. The van der Waals surface area contributed by atoms with Crippen molar-refractivity contribution in [1.29, 1.82) is 0 Å². The van der Waals surface area contributed by atoms with Crippen molar-refractivity contribution in [2.45, 2.75) is 0 Å². The Kier molecular flexibility index (Phi) is 4.11. The highest BCUT2D eigenvalue weighted by Crippen LogP contribution is 2.28. The van der Waals surface area contributed by atoms with E-state index in [1.54, 1.807) is 13.2 Å². The quantitative estimate of drug-likeness (QED) is 0.602. The largest absolute Gasteiger partial charge is 0.497 e. The smallest absolute Gasteiger partial charge is 0.343 e. The first-order valence-electron chi connectivity index (χ1n) is 6.71. The lowest BCUT2D eigenvalue weighted by molar-refractivity contribution is -0.130. The van der Waals surface area contributed by atoms with Gasteiger partial charge < -0.3 is 9.47 Å². The Bertz CT molecular complexity index is 756. The normalized spacial score (nSPS) is 15.6. The van der Waals surface area contributed by atoms with Crippen LogP contribution < -0.4 is 4.74 Å². The van der Waals surface area contributed by atoms with Crippen molar-refractivity contribution in [1.82, 2.24) is 0 Å². The number of carbonyl (C=O) groups is 1. The van der Waals surface area contributed by atoms with Crippen molar-refractivity contribution in [3.63, 3.8) is 0 Å². The van der Waals surface area contributed by atoms with E-state index in [4.69, 9.17) is 9.47 Å². The summed E-state index contributed by atoms with van der Waals surface area (Å²) in [5, 5.41) is 0. The van der Waals surface area contributed by atoms with Crippen LogP contribution in [0.5, 0.6) is 5.75 Å². The number of cyclic esters (lactones) is 1. The molecule has 1 aliphatic rings. The Morgan fingerprint density at radius 3 is 2.36 bits per heavy atom. The first-order chi connectivity index (χ1) is 10.7. The molecule has 0 spiro atoms. The molecule has 2 aromatic carbocycles. The van der Waals surface area contributed by atoms with Gasteiger partial charge in [0.15, 0.2) is 0 Å². The Labute approximate surface area is 137 Å². The number of halogens is 1. The van der Waals surface area contributed by atoms with Gasteiger partial charge in [-0.25, -0.2) is 4.79 Å². The fraction of sp³-hybridized carbons (Fsp3) is 0.0556. The summed E-state index contributed by atoms with van der Waals surface area (Å²) in [4.78, 5) is 12.0. The molecule has 0 aliphatic carbocycles. The third kappa shape index (κ3) is 3.12. The molecule has 3 rings (SSSR count). The van der Waals surface area contributed by atoms with Crippen molar-refractivity contribution in [3.8, 4) is 5.75 Å². The lowest BCUT2D eigenvalue weighted by atomic mass is 10.1. The molecule has 0 fully saturated rings. The standard InChI is InChI=1S/C18H13BrO3/c1-21-16-8-4-13(5-9-16)17-11-14(18(20)22-17)10-12-2-6-15(19)7-3-12/h2-11H,1H3/b14-10+. The van der Waals surface area contributed by atoms with Gasteiger partial charge in [0.05, 0.1) is 12.7 Å². The highest BCUT2D eigenvalue weighted by Gasteiger charge is 2.21. The number of benzene rings is 2. The third-order valence-electron chi connectivity index (χ3n) is 3.29. The zero-order valence-electron chi connectivity index (χ0n) is 11.9. The zero-order valence-corrected chi connectivity index (χ0v) is 13.5. The van der Waals surface area contributed by atoms with Crippen LogP contribution in [-0.2, 0) is 9.53 Å². The van der Waals surface area contributed by atoms with Crippen LogP contribution in [0.25, 0.3) is 11.8 Å². The molecule has 0 radical (unpaired) electrons. The van der Waals surface area contributed by atoms with Gasteiger partial charge in [-0.2, -0.15) is 0 Å². The summed E-state index contributed by atoms with van der Waals surface area (Å²) < 4.78 is 11.5. The monoisotopic (exact) mass is 356 g/mol. The summed E-state index contributed by atoms with van der Waals surface area (Å²) >= 11 is 3.39. The van der Waals surface area contributed by atoms with Crippen LogP contribution in [0.4, 0.5) is 0 Å². The van der Waals surface area contributed by atoms with Gasteiger partial charge >= 0.3 is 5.97 Å². The van der Waals surface area contributed by atoms with Crippen LogP contribution in [-0.4, -0.2) is 13.1 Å². The van der Waals surface area contributed by atoms with E-state index in [1.165, 1.54) is 0 Å². The number of hydrogen-bond donors (Lipinski definition) is 0. The summed E-state index contributed by atoms with van der Waals surface area (Å²) in [6.07, 6.45) is 3.57. The third-order valence-corrected chi connectivity index (χ3v) is 3.82. The molecule has 22 heavy (non-hydrogen) atoms. The highest BCUT2D eigenvalue weighted by atomic mass is 79.9. The average molecular weight is 357 g/mol. The molecule has 0 bridgehead atoms. The van der Waals surface area contributed by atoms with E-state index in [2.05, 4.69) is 15.9 Å². The predicted molar refractivity (Wildman–Crippen MR) is 89.2 cm³/mol. The summed E-state index contributed by atoms with van der Waals surface area (Å²) in [6.45, 7) is 0. The molecule has 0 N–H and O–H groups in total. The van der Waals surface area contributed by atoms with E-state index < -0.39 is 0 Å². The van der Waals surface area contributed by atoms with Gasteiger partial charge in [0.25, 0.3) is 0 Å². The van der Waals surface area contributed by atoms with Crippen molar-refractivity contribution >= 4 is 33.7 Å². The summed E-state index contributed by atoms with van der Waals surface area (Å²) in [7, 11) is 1.61. The number of methoxy groups -OCH3 is 1. The van der Waals surface area contributed by atoms with E-state index in [0.29, 0.717) is 11.3 Å². The second-order valence-electron chi connectivity index (χ2n) is 4.78. The lowest BCUT2D eigenvalue weighted by Gasteiger charge is -2.03. The SMILES string of the molecule is COc1ccc(C2=C/C(=C\c3ccc(Br)cc3)C(=O)O2)cc1. The Morgan fingerprint density at radius 2 is 1.73 bits per heavy atom. The van der Waals surface area contributed by atoms with Gasteiger partial charge in [0.2, 0.25) is 0 Å². The fourth-order valence-corrected chi connectivity index (χ4v) is 2.39. The maximum atomic E-state index is 12.0. The molecular weight excluding hydrogens is 344 g/mol. The maximum absolute atomic E-state index is 12.0. The topological polar surface area (TPSA) is 35.5 Å². The Morgan fingerprint density at radius 1 is 1.05 bits per heavy atom. The molecule has 4 heteroatoms. The van der Waals surface area contributed by atoms with E-state index in [-0.39, 0.29) is 5.97 Å². The molecule has 1 aliphatic heterocycles. The first-order valence-corrected chi connectivity index (χ1v) is 7.50. The summed E-state index contributed by atoms with van der Waals surface area (Å²) in [5.41, 5.74) is 2.32. The van der Waals surface area contributed by atoms with Gasteiger partial charge in [-0.05, 0) is 54.1 Å². The number of carbonyl (C=O) groups excluding carboxylic acids is 1. The molecule has 1 heterocycles. The minimum atomic E-state index is -0.339. The van der Waals surface area contributed by atoms with Crippen molar-refractivity contribution in [3.05, 3.63) is 75.8 Å². The minimum absolute atomic E-state index is 0.339. The predicted octanol–water partition coefficient (Wildman–Crippen LogP) is 4.44. The number of rotatable bonds is 3. The van der Waals surface area contributed by atoms with Crippen LogP contribution >= 0.6 is 15.9 Å². The summed E-state index contributed by atoms with van der Waals surface area (Å²) in [6, 6.07) is 15.1. The van der Waals surface area contributed by atoms with Gasteiger partial charge in [-0.15, -0.1) is 0 Å². The first kappa shape index (κ1) is 14.6. The molecule has 0 atom stereocenters. The Hall–Kier alpha value is -2.33. The van der Waals surface area contributed by atoms with Gasteiger partial charge in [-0.1, -0.05) is 28.1 Å². The average Bonchev–Trinajstić information content (AvgIpc) is 2.91. The number of esters is 1.